The van der Waals surface area contributed by atoms with Crippen LogP contribution in [0.4, 0.5) is 5.69 Å². The zero-order valence-corrected chi connectivity index (χ0v) is 8.25. The number of hydrogen-bond acceptors (Lipinski definition) is 1. The lowest BCUT2D eigenvalue weighted by atomic mass is 10.3. The Hall–Kier alpha value is -0.850. The van der Waals surface area contributed by atoms with Gasteiger partial charge in [-0.05, 0) is 17.4 Å². The molecule has 0 radical (unpaired) electrons. The van der Waals surface area contributed by atoms with Crippen LogP contribution in [0.15, 0.2) is 35.3 Å². The average Bonchev–Trinajstić information content (AvgIpc) is 2.05. The molecule has 2 heteroatoms. The highest BCUT2D eigenvalue weighted by Gasteiger charge is 1.82. The Bertz CT molecular complexity index is 284. The lowest BCUT2D eigenvalue weighted by Gasteiger charge is -1.89. The quantitative estimate of drug-likeness (QED) is 0.407. The first kappa shape index (κ1) is 9.24. The molecule has 0 fully saturated rings. The average molecular weight is 179 g/mol. The summed E-state index contributed by atoms with van der Waals surface area (Å²) in [4.78, 5) is 4.18. The first-order chi connectivity index (χ1) is 5.79. The first-order valence-corrected chi connectivity index (χ1v) is 4.96. The maximum absolute atomic E-state index is 4.18. The van der Waals surface area contributed by atoms with E-state index in [1.807, 2.05) is 30.3 Å². The molecule has 0 heterocycles. The van der Waals surface area contributed by atoms with Crippen molar-refractivity contribution in [3.05, 3.63) is 30.3 Å². The van der Waals surface area contributed by atoms with Gasteiger partial charge in [-0.2, -0.15) is 0 Å². The molecule has 1 rings (SSSR count). The molecule has 0 amide bonds. The van der Waals surface area contributed by atoms with Crippen LogP contribution in [0.3, 0.4) is 0 Å². The summed E-state index contributed by atoms with van der Waals surface area (Å²) in [5.41, 5.74) is 0.977. The third-order valence-electron chi connectivity index (χ3n) is 1.25. The second-order valence-electron chi connectivity index (χ2n) is 2.77. The second-order valence-corrected chi connectivity index (χ2v) is 4.26. The molecule has 0 aliphatic heterocycles. The van der Waals surface area contributed by atoms with Crippen molar-refractivity contribution in [2.45, 2.75) is 19.1 Å². The Kier molecular flexibility index (Phi) is 3.78. The molecule has 0 N–H and O–H groups in total. The Morgan fingerprint density at radius 3 is 2.50 bits per heavy atom. The fourth-order valence-electron chi connectivity index (χ4n) is 0.705. The van der Waals surface area contributed by atoms with Crippen molar-refractivity contribution in [3.8, 4) is 0 Å². The van der Waals surface area contributed by atoms with E-state index in [1.54, 1.807) is 0 Å². The topological polar surface area (TPSA) is 12.4 Å². The molecule has 1 aromatic carbocycles. The maximum Gasteiger partial charge on any atom is 0.0735 e. The highest BCUT2D eigenvalue weighted by molar-refractivity contribution is 7.97. The molecule has 12 heavy (non-hydrogen) atoms. The molecule has 0 saturated carbocycles. The number of aliphatic imine (C=N–C) groups is 1. The van der Waals surface area contributed by atoms with Crippen molar-refractivity contribution in [3.63, 3.8) is 0 Å². The van der Waals surface area contributed by atoms with Gasteiger partial charge in [0, 0.05) is 5.16 Å². The normalized spacial score (nSPS) is 9.58. The van der Waals surface area contributed by atoms with E-state index in [2.05, 4.69) is 24.0 Å². The molecule has 64 valence electrons. The molecular formula is C10H13NS. The van der Waals surface area contributed by atoms with Crippen molar-refractivity contribution >= 4 is 22.2 Å². The Morgan fingerprint density at radius 2 is 1.92 bits per heavy atom. The third kappa shape index (κ3) is 3.51. The van der Waals surface area contributed by atoms with Crippen LogP contribution in [0.2, 0.25) is 0 Å². The fourth-order valence-corrected chi connectivity index (χ4v) is 1.11. The standard InChI is InChI=1S/C10H13NS/c1-9(2)12-8-11-10-6-4-3-5-7-10/h3-7,9,12H,1-2H3. The predicted octanol–water partition coefficient (Wildman–Crippen LogP) is 3.10. The minimum Gasteiger partial charge on any atom is -0.200 e. The third-order valence-corrected chi connectivity index (χ3v) is 1.98. The summed E-state index contributed by atoms with van der Waals surface area (Å²) in [6, 6.07) is 9.89. The van der Waals surface area contributed by atoms with E-state index in [0.717, 1.165) is 17.0 Å². The highest BCUT2D eigenvalue weighted by atomic mass is 32.1. The first-order valence-electron chi connectivity index (χ1n) is 3.99. The molecule has 0 spiro atoms. The molecule has 1 aromatic rings. The van der Waals surface area contributed by atoms with Crippen molar-refractivity contribution in [1.29, 1.82) is 0 Å². The summed E-state index contributed by atoms with van der Waals surface area (Å²) in [6.07, 6.45) is 0. The zero-order chi connectivity index (χ0) is 8.81. The molecule has 0 aliphatic rings. The number of para-hydroxylation sites is 1. The van der Waals surface area contributed by atoms with E-state index >= 15 is 0 Å². The van der Waals surface area contributed by atoms with E-state index in [1.165, 1.54) is 0 Å². The smallest absolute Gasteiger partial charge is 0.0735 e. The van der Waals surface area contributed by atoms with Gasteiger partial charge < -0.3 is 0 Å². The molecule has 0 aromatic heterocycles. The van der Waals surface area contributed by atoms with Crippen molar-refractivity contribution in [1.82, 2.24) is 0 Å². The van der Waals surface area contributed by atoms with Crippen LogP contribution in [0, 0.1) is 0 Å². The van der Waals surface area contributed by atoms with Crippen LogP contribution in [0.1, 0.15) is 13.8 Å². The number of nitrogens with zero attached hydrogens (tertiary/aromatic N) is 1. The molecule has 1 nitrogen and oxygen atoms in total. The largest absolute Gasteiger partial charge is 0.200 e. The summed E-state index contributed by atoms with van der Waals surface area (Å²) in [5, 5.41) is 3.61. The summed E-state index contributed by atoms with van der Waals surface area (Å²) < 4.78 is 0. The maximum atomic E-state index is 4.18. The number of thiol groups is 1. The van der Waals surface area contributed by atoms with Crippen LogP contribution in [-0.4, -0.2) is 10.4 Å². The SMILES string of the molecule is CC(C)[SH]=C=Nc1ccccc1. The van der Waals surface area contributed by atoms with Crippen LogP contribution >= 0.6 is 11.4 Å². The van der Waals surface area contributed by atoms with E-state index < -0.39 is 0 Å². The number of benzene rings is 1. The van der Waals surface area contributed by atoms with Gasteiger partial charge in [0.1, 0.15) is 0 Å². The van der Waals surface area contributed by atoms with Gasteiger partial charge in [-0.1, -0.05) is 32.0 Å². The van der Waals surface area contributed by atoms with Crippen molar-refractivity contribution in [2.24, 2.45) is 4.99 Å². The molecule has 0 atom stereocenters. The molecular weight excluding hydrogens is 166 g/mol. The summed E-state index contributed by atoms with van der Waals surface area (Å²) in [6.45, 7) is 4.30. The van der Waals surface area contributed by atoms with E-state index in [-0.39, 0.29) is 0 Å². The zero-order valence-electron chi connectivity index (χ0n) is 7.36. The summed E-state index contributed by atoms with van der Waals surface area (Å²) in [5.74, 6) is 0. The highest BCUT2D eigenvalue weighted by Crippen LogP contribution is 2.08. The lowest BCUT2D eigenvalue weighted by Crippen LogP contribution is -1.77. The van der Waals surface area contributed by atoms with Gasteiger partial charge in [0.2, 0.25) is 0 Å². The monoisotopic (exact) mass is 179 g/mol. The number of rotatable bonds is 2. The second kappa shape index (κ2) is 4.91. The minimum absolute atomic E-state index is 0.609. The van der Waals surface area contributed by atoms with Gasteiger partial charge in [-0.25, -0.2) is 4.99 Å². The minimum atomic E-state index is 0.609. The van der Waals surface area contributed by atoms with Crippen LogP contribution < -0.4 is 0 Å². The Labute approximate surface area is 77.1 Å². The lowest BCUT2D eigenvalue weighted by molar-refractivity contribution is 1.12. The van der Waals surface area contributed by atoms with Gasteiger partial charge in [0.15, 0.2) is 0 Å². The van der Waals surface area contributed by atoms with Crippen molar-refractivity contribution < 1.29 is 0 Å². The van der Waals surface area contributed by atoms with E-state index in [4.69, 9.17) is 0 Å². The Morgan fingerprint density at radius 1 is 1.25 bits per heavy atom. The molecule has 0 bridgehead atoms. The van der Waals surface area contributed by atoms with Crippen LogP contribution in [-0.2, 0) is 0 Å². The molecule has 0 unspecified atom stereocenters. The predicted molar refractivity (Wildman–Crippen MR) is 57.7 cm³/mol. The van der Waals surface area contributed by atoms with Crippen LogP contribution in [0.5, 0.6) is 0 Å². The molecule has 0 aliphatic carbocycles. The van der Waals surface area contributed by atoms with Gasteiger partial charge in [0.25, 0.3) is 0 Å². The van der Waals surface area contributed by atoms with Gasteiger partial charge in [-0.3, -0.25) is 0 Å². The van der Waals surface area contributed by atoms with Gasteiger partial charge in [-0.15, -0.1) is 11.4 Å². The van der Waals surface area contributed by atoms with Gasteiger partial charge in [0.05, 0.1) is 5.69 Å². The van der Waals surface area contributed by atoms with Crippen molar-refractivity contribution in [2.75, 3.05) is 0 Å². The number of isothiocyanates is 1. The number of hydrogen-bond donors (Lipinski definition) is 1. The van der Waals surface area contributed by atoms with E-state index in [0.29, 0.717) is 5.25 Å². The summed E-state index contributed by atoms with van der Waals surface area (Å²) in [7, 11) is 0. The van der Waals surface area contributed by atoms with Gasteiger partial charge >= 0.3 is 0 Å². The Balaban J connectivity index is 2.70. The fraction of sp³-hybridized carbons (Fsp3) is 0.300. The van der Waals surface area contributed by atoms with Crippen LogP contribution in [0.25, 0.3) is 0 Å². The van der Waals surface area contributed by atoms with E-state index in [9.17, 15) is 0 Å². The summed E-state index contributed by atoms with van der Waals surface area (Å²) >= 11 is 1.15. The molecule has 0 saturated heterocycles.